The Hall–Kier alpha value is -2.45. The summed E-state index contributed by atoms with van der Waals surface area (Å²) in [5.74, 6) is -0.304. The average Bonchev–Trinajstić information content (AvgIpc) is 2.78. The van der Waals surface area contributed by atoms with Crippen molar-refractivity contribution in [1.29, 1.82) is 0 Å². The Balaban J connectivity index is 1.99. The number of anilines is 1. The van der Waals surface area contributed by atoms with Crippen molar-refractivity contribution in [1.82, 2.24) is 14.7 Å². The molecule has 0 unspecified atom stereocenters. The van der Waals surface area contributed by atoms with Crippen LogP contribution in [0.2, 0.25) is 5.02 Å². The first-order valence-corrected chi connectivity index (χ1v) is 7.55. The molecule has 1 heterocycles. The van der Waals surface area contributed by atoms with Crippen LogP contribution in [0.1, 0.15) is 11.3 Å². The van der Waals surface area contributed by atoms with Crippen molar-refractivity contribution in [3.63, 3.8) is 0 Å². The zero-order chi connectivity index (χ0) is 17.9. The van der Waals surface area contributed by atoms with Crippen LogP contribution >= 0.6 is 11.6 Å². The van der Waals surface area contributed by atoms with Crippen LogP contribution in [-0.4, -0.2) is 39.1 Å². The molecule has 0 saturated heterocycles. The van der Waals surface area contributed by atoms with Crippen molar-refractivity contribution in [3.05, 3.63) is 50.8 Å². The van der Waals surface area contributed by atoms with E-state index in [4.69, 9.17) is 11.6 Å². The number of nitrogens with one attached hydrogen (secondary N) is 1. The van der Waals surface area contributed by atoms with E-state index in [1.807, 2.05) is 25.1 Å². The number of nitro groups is 1. The van der Waals surface area contributed by atoms with Gasteiger partial charge in [-0.05, 0) is 20.0 Å². The lowest BCUT2D eigenvalue weighted by Gasteiger charge is -2.16. The van der Waals surface area contributed by atoms with Gasteiger partial charge in [-0.2, -0.15) is 5.10 Å². The number of halogens is 1. The van der Waals surface area contributed by atoms with Gasteiger partial charge in [-0.1, -0.05) is 11.6 Å². The lowest BCUT2D eigenvalue weighted by atomic mass is 10.2. The number of amides is 1. The molecule has 0 fully saturated rings. The van der Waals surface area contributed by atoms with Gasteiger partial charge in [0.05, 0.1) is 27.9 Å². The van der Waals surface area contributed by atoms with Gasteiger partial charge in [-0.25, -0.2) is 0 Å². The molecule has 24 heavy (non-hydrogen) atoms. The summed E-state index contributed by atoms with van der Waals surface area (Å²) in [4.78, 5) is 24.2. The fourth-order valence-corrected chi connectivity index (χ4v) is 2.47. The summed E-state index contributed by atoms with van der Waals surface area (Å²) in [6.07, 6.45) is 1.90. The van der Waals surface area contributed by atoms with Gasteiger partial charge in [0.1, 0.15) is 0 Å². The molecule has 0 aliphatic rings. The first-order chi connectivity index (χ1) is 11.3. The van der Waals surface area contributed by atoms with Crippen molar-refractivity contribution in [2.24, 2.45) is 7.05 Å². The number of aryl methyl sites for hydroxylation is 2. The number of carbonyl (C=O) groups excluding carboxylic acids is 1. The van der Waals surface area contributed by atoms with Gasteiger partial charge >= 0.3 is 0 Å². The van der Waals surface area contributed by atoms with Crippen LogP contribution in [0.5, 0.6) is 0 Å². The highest BCUT2D eigenvalue weighted by Gasteiger charge is 2.14. The minimum atomic E-state index is -0.538. The molecule has 2 rings (SSSR count). The summed E-state index contributed by atoms with van der Waals surface area (Å²) in [6.45, 7) is 2.59. The van der Waals surface area contributed by atoms with Crippen LogP contribution in [0.15, 0.2) is 24.4 Å². The zero-order valence-electron chi connectivity index (χ0n) is 13.6. The van der Waals surface area contributed by atoms with Gasteiger partial charge in [0.2, 0.25) is 5.91 Å². The molecule has 1 N–H and O–H groups in total. The molecule has 0 radical (unpaired) electrons. The molecule has 2 aromatic rings. The predicted molar refractivity (Wildman–Crippen MR) is 91.0 cm³/mol. The smallest absolute Gasteiger partial charge is 0.271 e. The fourth-order valence-electron chi connectivity index (χ4n) is 2.31. The summed E-state index contributed by atoms with van der Waals surface area (Å²) >= 11 is 5.97. The Morgan fingerprint density at radius 1 is 1.50 bits per heavy atom. The molecule has 1 amide bonds. The normalized spacial score (nSPS) is 10.9. The number of nitrogens with zero attached hydrogens (tertiary/aromatic N) is 4. The molecule has 1 aromatic heterocycles. The van der Waals surface area contributed by atoms with E-state index in [-0.39, 0.29) is 28.8 Å². The highest BCUT2D eigenvalue weighted by atomic mass is 35.5. The quantitative estimate of drug-likeness (QED) is 0.637. The maximum atomic E-state index is 12.1. The van der Waals surface area contributed by atoms with Gasteiger partial charge in [0, 0.05) is 37.5 Å². The minimum Gasteiger partial charge on any atom is -0.323 e. The van der Waals surface area contributed by atoms with E-state index >= 15 is 0 Å². The lowest BCUT2D eigenvalue weighted by Crippen LogP contribution is -2.30. The Morgan fingerprint density at radius 3 is 2.79 bits per heavy atom. The molecule has 0 aliphatic carbocycles. The molecule has 9 heteroatoms. The Morgan fingerprint density at radius 2 is 2.21 bits per heavy atom. The summed E-state index contributed by atoms with van der Waals surface area (Å²) in [5, 5.41) is 17.9. The topological polar surface area (TPSA) is 93.3 Å². The number of nitro benzene ring substituents is 1. The summed E-state index contributed by atoms with van der Waals surface area (Å²) in [6, 6.07) is 3.92. The molecule has 0 spiro atoms. The minimum absolute atomic E-state index is 0.118. The molecule has 0 aliphatic heterocycles. The van der Waals surface area contributed by atoms with Crippen molar-refractivity contribution in [2.45, 2.75) is 13.5 Å². The molecule has 0 saturated carbocycles. The molecule has 0 bridgehead atoms. The van der Waals surface area contributed by atoms with Gasteiger partial charge in [0.25, 0.3) is 5.69 Å². The fraction of sp³-hybridized carbons (Fsp3) is 0.333. The molecule has 128 valence electrons. The predicted octanol–water partition coefficient (Wildman–Crippen LogP) is 2.36. The first kappa shape index (κ1) is 17.9. The Kier molecular flexibility index (Phi) is 5.53. The van der Waals surface area contributed by atoms with Crippen molar-refractivity contribution in [3.8, 4) is 0 Å². The number of benzene rings is 1. The highest BCUT2D eigenvalue weighted by Crippen LogP contribution is 2.26. The number of hydrogen-bond acceptors (Lipinski definition) is 5. The van der Waals surface area contributed by atoms with Crippen molar-refractivity contribution >= 4 is 28.9 Å². The maximum Gasteiger partial charge on any atom is 0.271 e. The third kappa shape index (κ3) is 4.53. The monoisotopic (exact) mass is 351 g/mol. The van der Waals surface area contributed by atoms with Gasteiger partial charge < -0.3 is 5.32 Å². The molecular weight excluding hydrogens is 334 g/mol. The van der Waals surface area contributed by atoms with Gasteiger partial charge in [-0.3, -0.25) is 24.5 Å². The van der Waals surface area contributed by atoms with E-state index in [1.54, 1.807) is 11.7 Å². The van der Waals surface area contributed by atoms with E-state index in [1.165, 1.54) is 18.2 Å². The number of rotatable bonds is 6. The second-order valence-corrected chi connectivity index (χ2v) is 5.96. The van der Waals surface area contributed by atoms with Crippen LogP contribution in [0.25, 0.3) is 0 Å². The summed E-state index contributed by atoms with van der Waals surface area (Å²) in [7, 11) is 3.65. The number of carbonyl (C=O) groups is 1. The molecule has 0 atom stereocenters. The van der Waals surface area contributed by atoms with E-state index < -0.39 is 4.92 Å². The maximum absolute atomic E-state index is 12.1. The van der Waals surface area contributed by atoms with Crippen LogP contribution in [0.4, 0.5) is 11.4 Å². The van der Waals surface area contributed by atoms with E-state index in [0.717, 1.165) is 11.3 Å². The van der Waals surface area contributed by atoms with Crippen LogP contribution < -0.4 is 5.32 Å². The van der Waals surface area contributed by atoms with Gasteiger partial charge in [0.15, 0.2) is 0 Å². The van der Waals surface area contributed by atoms with E-state index in [0.29, 0.717) is 6.54 Å². The Bertz CT molecular complexity index is 774. The first-order valence-electron chi connectivity index (χ1n) is 7.17. The largest absolute Gasteiger partial charge is 0.323 e. The van der Waals surface area contributed by atoms with Crippen LogP contribution in [0.3, 0.4) is 0 Å². The second kappa shape index (κ2) is 7.41. The third-order valence-electron chi connectivity index (χ3n) is 3.40. The van der Waals surface area contributed by atoms with Crippen LogP contribution in [0, 0.1) is 17.0 Å². The number of hydrogen-bond donors (Lipinski definition) is 1. The molecule has 1 aromatic carbocycles. The van der Waals surface area contributed by atoms with E-state index in [2.05, 4.69) is 10.4 Å². The van der Waals surface area contributed by atoms with Crippen molar-refractivity contribution in [2.75, 3.05) is 18.9 Å². The number of likely N-dealkylation sites (N-methyl/N-ethyl adjacent to an activating group) is 1. The standard InChI is InChI=1S/C15H18ClN5O3/c1-10-11(8-20(3)18-10)7-19(2)9-15(22)17-14-6-12(21(23)24)4-5-13(14)16/h4-6,8H,7,9H2,1-3H3,(H,17,22). The number of aromatic nitrogens is 2. The number of non-ortho nitro benzene ring substituents is 1. The SMILES string of the molecule is Cc1nn(C)cc1CN(C)CC(=O)Nc1cc([N+](=O)[O-])ccc1Cl. The molecule has 8 nitrogen and oxygen atoms in total. The summed E-state index contributed by atoms with van der Waals surface area (Å²) < 4.78 is 1.72. The third-order valence-corrected chi connectivity index (χ3v) is 3.73. The van der Waals surface area contributed by atoms with Crippen molar-refractivity contribution < 1.29 is 9.72 Å². The van der Waals surface area contributed by atoms with Crippen LogP contribution in [-0.2, 0) is 18.4 Å². The second-order valence-electron chi connectivity index (χ2n) is 5.56. The highest BCUT2D eigenvalue weighted by molar-refractivity contribution is 6.33. The Labute approximate surface area is 144 Å². The van der Waals surface area contributed by atoms with E-state index in [9.17, 15) is 14.9 Å². The van der Waals surface area contributed by atoms with Gasteiger partial charge in [-0.15, -0.1) is 0 Å². The lowest BCUT2D eigenvalue weighted by molar-refractivity contribution is -0.384. The molecular formula is C15H18ClN5O3. The summed E-state index contributed by atoms with van der Waals surface area (Å²) in [5.41, 5.74) is 2.03. The zero-order valence-corrected chi connectivity index (χ0v) is 14.4. The average molecular weight is 352 g/mol.